The molecule has 0 radical (unpaired) electrons. The van der Waals surface area contributed by atoms with E-state index in [-0.39, 0.29) is 0 Å². The van der Waals surface area contributed by atoms with Crippen molar-refractivity contribution >= 4 is 27.1 Å². The largest absolute Gasteiger partial charge is 0.241 e. The van der Waals surface area contributed by atoms with Gasteiger partial charge in [0.25, 0.3) is 0 Å². The Labute approximate surface area is 107 Å². The first-order chi connectivity index (χ1) is 8.90. The fraction of sp³-hybridized carbons (Fsp3) is 0. The molecule has 4 heteroatoms. The Bertz CT molecular complexity index is 772. The molecule has 0 unspecified atom stereocenters. The van der Waals surface area contributed by atoms with E-state index in [1.807, 2.05) is 29.2 Å². The van der Waals surface area contributed by atoms with Gasteiger partial charge in [-0.2, -0.15) is 9.47 Å². The van der Waals surface area contributed by atoms with E-state index in [0.717, 1.165) is 5.52 Å². The second kappa shape index (κ2) is 3.65. The molecule has 4 aromatic rings. The van der Waals surface area contributed by atoms with Gasteiger partial charge in [-0.1, -0.05) is 12.1 Å². The Kier molecular flexibility index (Phi) is 1.98. The smallest absolute Gasteiger partial charge is 0.0667 e. The van der Waals surface area contributed by atoms with Crippen molar-refractivity contribution < 1.29 is 0 Å². The van der Waals surface area contributed by atoms with E-state index >= 15 is 0 Å². The van der Waals surface area contributed by atoms with Crippen LogP contribution < -0.4 is 0 Å². The maximum Gasteiger partial charge on any atom is 0.0667 e. The normalized spacial score (nSPS) is 11.3. The van der Waals surface area contributed by atoms with Gasteiger partial charge in [-0.15, -0.1) is 0 Å². The van der Waals surface area contributed by atoms with Crippen molar-refractivity contribution in [1.29, 1.82) is 0 Å². The summed E-state index contributed by atoms with van der Waals surface area (Å²) in [5, 5.41) is 5.41. The fourth-order valence-corrected chi connectivity index (χ4v) is 2.83. The lowest BCUT2D eigenvalue weighted by Crippen LogP contribution is -1.86. The Morgan fingerprint density at radius 1 is 1.00 bits per heavy atom. The Morgan fingerprint density at radius 2 is 1.94 bits per heavy atom. The maximum atomic E-state index is 4.21. The summed E-state index contributed by atoms with van der Waals surface area (Å²) >= 11 is 1.53. The molecule has 0 aliphatic rings. The molecule has 3 heterocycles. The minimum absolute atomic E-state index is 1.11. The van der Waals surface area contributed by atoms with Crippen molar-refractivity contribution in [3.63, 3.8) is 0 Å². The van der Waals surface area contributed by atoms with Crippen molar-refractivity contribution in [2.24, 2.45) is 0 Å². The number of pyridine rings is 1. The average Bonchev–Trinajstić information content (AvgIpc) is 3.05. The number of nitrogens with zero attached hydrogens (tertiary/aromatic N) is 3. The summed E-state index contributed by atoms with van der Waals surface area (Å²) in [4.78, 5) is 0. The van der Waals surface area contributed by atoms with E-state index in [2.05, 4.69) is 39.8 Å². The highest BCUT2D eigenvalue weighted by Crippen LogP contribution is 2.26. The maximum absolute atomic E-state index is 4.21. The third-order valence-electron chi connectivity index (χ3n) is 3.09. The molecule has 0 N–H and O–H groups in total. The van der Waals surface area contributed by atoms with E-state index in [4.69, 9.17) is 0 Å². The molecule has 3 nitrogen and oxygen atoms in total. The fourth-order valence-electron chi connectivity index (χ4n) is 2.14. The molecule has 0 spiro atoms. The Hall–Kier alpha value is -2.20. The highest BCUT2D eigenvalue weighted by molar-refractivity contribution is 7.13. The standard InChI is InChI=1S/C14H9N3S/c1-2-12-9-16-18-14(12)8-10(1)11-4-6-17-13(7-11)3-5-15-17/h1-9H. The third-order valence-corrected chi connectivity index (χ3v) is 3.85. The van der Waals surface area contributed by atoms with Crippen LogP contribution in [-0.4, -0.2) is 14.0 Å². The summed E-state index contributed by atoms with van der Waals surface area (Å²) in [5.41, 5.74) is 3.53. The zero-order valence-electron chi connectivity index (χ0n) is 9.45. The lowest BCUT2D eigenvalue weighted by atomic mass is 10.1. The lowest BCUT2D eigenvalue weighted by molar-refractivity contribution is 0.962. The van der Waals surface area contributed by atoms with Crippen molar-refractivity contribution in [1.82, 2.24) is 14.0 Å². The number of hydrogen-bond acceptors (Lipinski definition) is 3. The van der Waals surface area contributed by atoms with Crippen molar-refractivity contribution in [3.05, 3.63) is 55.0 Å². The molecule has 0 fully saturated rings. The molecule has 0 atom stereocenters. The van der Waals surface area contributed by atoms with Crippen LogP contribution in [0.25, 0.3) is 26.7 Å². The van der Waals surface area contributed by atoms with Crippen LogP contribution in [0.1, 0.15) is 0 Å². The van der Waals surface area contributed by atoms with Gasteiger partial charge in [-0.05, 0) is 46.9 Å². The van der Waals surface area contributed by atoms with E-state index in [1.165, 1.54) is 32.7 Å². The molecule has 4 rings (SSSR count). The highest BCUT2D eigenvalue weighted by Gasteiger charge is 2.02. The third kappa shape index (κ3) is 1.43. The lowest BCUT2D eigenvalue weighted by Gasteiger charge is -2.02. The van der Waals surface area contributed by atoms with Crippen LogP contribution in [0.2, 0.25) is 0 Å². The molecule has 18 heavy (non-hydrogen) atoms. The number of fused-ring (bicyclic) bond motifs is 2. The molecule has 0 amide bonds. The molecule has 0 aliphatic carbocycles. The monoisotopic (exact) mass is 251 g/mol. The van der Waals surface area contributed by atoms with Crippen LogP contribution >= 0.6 is 11.5 Å². The SMILES string of the molecule is c1cc2cc(-c3ccc4cnsc4c3)ccn2n1. The quantitative estimate of drug-likeness (QED) is 0.517. The van der Waals surface area contributed by atoms with Gasteiger partial charge in [0, 0.05) is 24.0 Å². The molecule has 3 aromatic heterocycles. The topological polar surface area (TPSA) is 30.2 Å². The molecule has 0 saturated heterocycles. The van der Waals surface area contributed by atoms with Gasteiger partial charge in [-0.3, -0.25) is 0 Å². The second-order valence-corrected chi connectivity index (χ2v) is 5.03. The van der Waals surface area contributed by atoms with Gasteiger partial charge in [-0.25, -0.2) is 4.52 Å². The van der Waals surface area contributed by atoms with Crippen molar-refractivity contribution in [2.45, 2.75) is 0 Å². The number of benzene rings is 1. The van der Waals surface area contributed by atoms with Gasteiger partial charge >= 0.3 is 0 Å². The minimum atomic E-state index is 1.11. The van der Waals surface area contributed by atoms with Gasteiger partial charge in [0.05, 0.1) is 10.2 Å². The molecule has 86 valence electrons. The van der Waals surface area contributed by atoms with Crippen LogP contribution in [0.3, 0.4) is 0 Å². The molecule has 0 bridgehead atoms. The zero-order valence-corrected chi connectivity index (χ0v) is 10.3. The van der Waals surface area contributed by atoms with Crippen LogP contribution in [0.15, 0.2) is 55.0 Å². The first kappa shape index (κ1) is 9.79. The van der Waals surface area contributed by atoms with E-state index in [0.29, 0.717) is 0 Å². The van der Waals surface area contributed by atoms with E-state index in [9.17, 15) is 0 Å². The Balaban J connectivity index is 1.93. The first-order valence-corrected chi connectivity index (χ1v) is 6.46. The van der Waals surface area contributed by atoms with Crippen LogP contribution in [0, 0.1) is 0 Å². The average molecular weight is 251 g/mol. The second-order valence-electron chi connectivity index (χ2n) is 4.19. The summed E-state index contributed by atoms with van der Waals surface area (Å²) in [7, 11) is 0. The van der Waals surface area contributed by atoms with Crippen molar-refractivity contribution in [2.75, 3.05) is 0 Å². The Morgan fingerprint density at radius 3 is 2.94 bits per heavy atom. The first-order valence-electron chi connectivity index (χ1n) is 5.68. The van der Waals surface area contributed by atoms with Gasteiger partial charge < -0.3 is 0 Å². The van der Waals surface area contributed by atoms with Gasteiger partial charge in [0.1, 0.15) is 0 Å². The predicted octanol–water partition coefficient (Wildman–Crippen LogP) is 3.61. The molecule has 0 aliphatic heterocycles. The van der Waals surface area contributed by atoms with Gasteiger partial charge in [0.15, 0.2) is 0 Å². The van der Waals surface area contributed by atoms with Gasteiger partial charge in [0.2, 0.25) is 0 Å². The summed E-state index contributed by atoms with van der Waals surface area (Å²) in [5.74, 6) is 0. The number of hydrogen-bond donors (Lipinski definition) is 0. The zero-order chi connectivity index (χ0) is 11.9. The predicted molar refractivity (Wildman–Crippen MR) is 73.8 cm³/mol. The molecule has 1 aromatic carbocycles. The van der Waals surface area contributed by atoms with Crippen LogP contribution in [0.5, 0.6) is 0 Å². The number of rotatable bonds is 1. The highest BCUT2D eigenvalue weighted by atomic mass is 32.1. The van der Waals surface area contributed by atoms with Crippen molar-refractivity contribution in [3.8, 4) is 11.1 Å². The molecule has 0 saturated carbocycles. The molecular weight excluding hydrogens is 242 g/mol. The number of aromatic nitrogens is 3. The summed E-state index contributed by atoms with van der Waals surface area (Å²) in [6, 6.07) is 12.7. The van der Waals surface area contributed by atoms with Crippen LogP contribution in [-0.2, 0) is 0 Å². The van der Waals surface area contributed by atoms with Crippen LogP contribution in [0.4, 0.5) is 0 Å². The molecular formula is C14H9N3S. The minimum Gasteiger partial charge on any atom is -0.241 e. The summed E-state index contributed by atoms with van der Waals surface area (Å²) in [6.45, 7) is 0. The summed E-state index contributed by atoms with van der Waals surface area (Å²) in [6.07, 6.45) is 5.71. The summed E-state index contributed by atoms with van der Waals surface area (Å²) < 4.78 is 7.30. The van der Waals surface area contributed by atoms with E-state index < -0.39 is 0 Å². The van der Waals surface area contributed by atoms with E-state index in [1.54, 1.807) is 0 Å².